The number of rotatable bonds is 12. The number of nitrogens with zero attached hydrogens (tertiary/aromatic N) is 1. The highest BCUT2D eigenvalue weighted by atomic mass is 16.5. The molecule has 0 amide bonds. The monoisotopic (exact) mass is 425 g/mol. The van der Waals surface area contributed by atoms with Gasteiger partial charge in [-0.25, -0.2) is 4.99 Å². The molecule has 2 N–H and O–H groups in total. The lowest BCUT2D eigenvalue weighted by Crippen LogP contribution is -2.38. The second-order valence-corrected chi connectivity index (χ2v) is 7.63. The summed E-state index contributed by atoms with van der Waals surface area (Å²) in [5, 5.41) is 6.69. The van der Waals surface area contributed by atoms with Gasteiger partial charge in [-0.1, -0.05) is 54.6 Å². The topological polar surface area (TPSA) is 64.1 Å². The smallest absolute Gasteiger partial charge is 0.191 e. The van der Waals surface area contributed by atoms with Gasteiger partial charge in [0.1, 0.15) is 0 Å². The molecule has 3 rings (SSSR count). The molecule has 1 aliphatic heterocycles. The van der Waals surface area contributed by atoms with Crippen molar-refractivity contribution in [2.45, 2.75) is 45.6 Å². The summed E-state index contributed by atoms with van der Waals surface area (Å²) in [6.45, 7) is 7.86. The first kappa shape index (κ1) is 23.3. The molecule has 0 radical (unpaired) electrons. The molecule has 0 bridgehead atoms. The van der Waals surface area contributed by atoms with Gasteiger partial charge in [0.25, 0.3) is 0 Å². The van der Waals surface area contributed by atoms with Gasteiger partial charge < -0.3 is 24.8 Å². The molecular formula is C25H35N3O3. The Morgan fingerprint density at radius 1 is 1.03 bits per heavy atom. The van der Waals surface area contributed by atoms with Gasteiger partial charge in [0.05, 0.1) is 32.5 Å². The molecule has 0 spiro atoms. The fourth-order valence-electron chi connectivity index (χ4n) is 3.36. The maximum Gasteiger partial charge on any atom is 0.191 e. The standard InChI is InChI=1S/C25H35N3O3/c1-2-26-25(27-13-7-14-31-24-12-15-29-20-24)28-17-22-10-6-11-23(16-22)19-30-18-21-8-4-3-5-9-21/h3-6,8-11,16,24H,2,7,12-15,17-20H2,1H3,(H2,26,27,28). The average Bonchev–Trinajstić information content (AvgIpc) is 3.32. The highest BCUT2D eigenvalue weighted by molar-refractivity contribution is 5.79. The second-order valence-electron chi connectivity index (χ2n) is 7.63. The van der Waals surface area contributed by atoms with E-state index in [-0.39, 0.29) is 6.10 Å². The highest BCUT2D eigenvalue weighted by Crippen LogP contribution is 2.10. The Bertz CT molecular complexity index is 777. The van der Waals surface area contributed by atoms with Crippen molar-refractivity contribution in [2.75, 3.05) is 32.9 Å². The molecule has 6 nitrogen and oxygen atoms in total. The van der Waals surface area contributed by atoms with Crippen molar-refractivity contribution in [2.24, 2.45) is 4.99 Å². The van der Waals surface area contributed by atoms with Crippen molar-refractivity contribution in [1.82, 2.24) is 10.6 Å². The van der Waals surface area contributed by atoms with Crippen molar-refractivity contribution in [3.63, 3.8) is 0 Å². The lowest BCUT2D eigenvalue weighted by Gasteiger charge is -2.13. The summed E-state index contributed by atoms with van der Waals surface area (Å²) < 4.78 is 17.0. The van der Waals surface area contributed by atoms with Crippen LogP contribution in [-0.4, -0.2) is 45.0 Å². The minimum absolute atomic E-state index is 0.269. The van der Waals surface area contributed by atoms with Crippen LogP contribution in [0.5, 0.6) is 0 Å². The fraction of sp³-hybridized carbons (Fsp3) is 0.480. The van der Waals surface area contributed by atoms with Crippen LogP contribution in [0.2, 0.25) is 0 Å². The third-order valence-electron chi connectivity index (χ3n) is 4.99. The third-order valence-corrected chi connectivity index (χ3v) is 4.99. The molecule has 0 saturated carbocycles. The van der Waals surface area contributed by atoms with Crippen LogP contribution < -0.4 is 10.6 Å². The highest BCUT2D eigenvalue weighted by Gasteiger charge is 2.15. The summed E-state index contributed by atoms with van der Waals surface area (Å²) in [6.07, 6.45) is 2.22. The fourth-order valence-corrected chi connectivity index (χ4v) is 3.36. The predicted molar refractivity (Wildman–Crippen MR) is 124 cm³/mol. The molecule has 31 heavy (non-hydrogen) atoms. The van der Waals surface area contributed by atoms with Gasteiger partial charge >= 0.3 is 0 Å². The van der Waals surface area contributed by atoms with E-state index in [2.05, 4.69) is 54.0 Å². The summed E-state index contributed by atoms with van der Waals surface area (Å²) in [5.74, 6) is 0.831. The molecule has 6 heteroatoms. The largest absolute Gasteiger partial charge is 0.379 e. The Balaban J connectivity index is 1.40. The Kier molecular flexibility index (Phi) is 10.4. The van der Waals surface area contributed by atoms with Gasteiger partial charge in [0.2, 0.25) is 0 Å². The van der Waals surface area contributed by atoms with Crippen molar-refractivity contribution < 1.29 is 14.2 Å². The molecule has 0 aromatic heterocycles. The van der Waals surface area contributed by atoms with Crippen LogP contribution in [-0.2, 0) is 34.0 Å². The number of hydrogen-bond acceptors (Lipinski definition) is 4. The first-order valence-corrected chi connectivity index (χ1v) is 11.2. The Hall–Kier alpha value is -2.41. The van der Waals surface area contributed by atoms with Gasteiger partial charge in [-0.05, 0) is 36.5 Å². The summed E-state index contributed by atoms with van der Waals surface area (Å²) in [4.78, 5) is 4.72. The van der Waals surface area contributed by atoms with Crippen LogP contribution in [0, 0.1) is 0 Å². The molecule has 168 valence electrons. The first-order chi connectivity index (χ1) is 15.3. The van der Waals surface area contributed by atoms with Crippen molar-refractivity contribution in [3.8, 4) is 0 Å². The molecule has 1 aliphatic rings. The molecule has 1 heterocycles. The van der Waals surface area contributed by atoms with Crippen LogP contribution in [0.25, 0.3) is 0 Å². The first-order valence-electron chi connectivity index (χ1n) is 11.2. The number of hydrogen-bond donors (Lipinski definition) is 2. The number of aliphatic imine (C=N–C) groups is 1. The molecule has 0 aliphatic carbocycles. The molecule has 1 fully saturated rings. The summed E-state index contributed by atoms with van der Waals surface area (Å²) in [7, 11) is 0. The van der Waals surface area contributed by atoms with E-state index in [4.69, 9.17) is 19.2 Å². The SMILES string of the molecule is CCNC(=NCc1cccc(COCc2ccccc2)c1)NCCCOC1CCOC1. The van der Waals surface area contributed by atoms with E-state index >= 15 is 0 Å². The quantitative estimate of drug-likeness (QED) is 0.309. The number of ether oxygens (including phenoxy) is 3. The van der Waals surface area contributed by atoms with Gasteiger partial charge in [0, 0.05) is 26.3 Å². The maximum atomic E-state index is 5.86. The number of nitrogens with one attached hydrogen (secondary N) is 2. The van der Waals surface area contributed by atoms with E-state index in [1.165, 1.54) is 11.1 Å². The lowest BCUT2D eigenvalue weighted by atomic mass is 10.1. The maximum absolute atomic E-state index is 5.86. The summed E-state index contributed by atoms with van der Waals surface area (Å²) in [5.41, 5.74) is 3.52. The molecule has 2 aromatic carbocycles. The zero-order valence-electron chi connectivity index (χ0n) is 18.5. The van der Waals surface area contributed by atoms with E-state index in [0.29, 0.717) is 19.8 Å². The summed E-state index contributed by atoms with van der Waals surface area (Å²) in [6, 6.07) is 18.7. The van der Waals surface area contributed by atoms with E-state index in [1.54, 1.807) is 0 Å². The Morgan fingerprint density at radius 2 is 1.84 bits per heavy atom. The molecule has 2 aromatic rings. The van der Waals surface area contributed by atoms with Crippen LogP contribution in [0.4, 0.5) is 0 Å². The normalized spacial score (nSPS) is 16.4. The van der Waals surface area contributed by atoms with Crippen LogP contribution in [0.15, 0.2) is 59.6 Å². The molecule has 1 unspecified atom stereocenters. The van der Waals surface area contributed by atoms with E-state index in [9.17, 15) is 0 Å². The van der Waals surface area contributed by atoms with Crippen molar-refractivity contribution in [1.29, 1.82) is 0 Å². The van der Waals surface area contributed by atoms with E-state index in [0.717, 1.165) is 57.3 Å². The van der Waals surface area contributed by atoms with Crippen LogP contribution in [0.1, 0.15) is 36.5 Å². The minimum Gasteiger partial charge on any atom is -0.379 e. The van der Waals surface area contributed by atoms with Gasteiger partial charge in [-0.2, -0.15) is 0 Å². The molecule has 1 atom stereocenters. The minimum atomic E-state index is 0.269. The zero-order chi connectivity index (χ0) is 21.6. The Labute approximate surface area is 186 Å². The third kappa shape index (κ3) is 9.09. The van der Waals surface area contributed by atoms with Crippen LogP contribution >= 0.6 is 0 Å². The molecular weight excluding hydrogens is 390 g/mol. The average molecular weight is 426 g/mol. The zero-order valence-corrected chi connectivity index (χ0v) is 18.5. The lowest BCUT2D eigenvalue weighted by molar-refractivity contribution is 0.0420. The van der Waals surface area contributed by atoms with Crippen molar-refractivity contribution in [3.05, 3.63) is 71.3 Å². The predicted octanol–water partition coefficient (Wildman–Crippen LogP) is 3.65. The van der Waals surface area contributed by atoms with Gasteiger partial charge in [0.15, 0.2) is 5.96 Å². The summed E-state index contributed by atoms with van der Waals surface area (Å²) >= 11 is 0. The number of benzene rings is 2. The number of guanidine groups is 1. The second kappa shape index (κ2) is 13.8. The van der Waals surface area contributed by atoms with E-state index in [1.807, 2.05) is 18.2 Å². The Morgan fingerprint density at radius 3 is 2.65 bits per heavy atom. The molecule has 1 saturated heterocycles. The van der Waals surface area contributed by atoms with Gasteiger partial charge in [-0.15, -0.1) is 0 Å². The van der Waals surface area contributed by atoms with Gasteiger partial charge in [-0.3, -0.25) is 0 Å². The van der Waals surface area contributed by atoms with E-state index < -0.39 is 0 Å². The van der Waals surface area contributed by atoms with Crippen LogP contribution in [0.3, 0.4) is 0 Å². The van der Waals surface area contributed by atoms with Crippen molar-refractivity contribution >= 4 is 5.96 Å².